The van der Waals surface area contributed by atoms with Gasteiger partial charge >= 0.3 is 0 Å². The lowest BCUT2D eigenvalue weighted by atomic mass is 10.1. The molecule has 3 rings (SSSR count). The predicted octanol–water partition coefficient (Wildman–Crippen LogP) is 3.75. The molecule has 0 fully saturated rings. The molecule has 2 aromatic heterocycles. The first kappa shape index (κ1) is 15.4. The van der Waals surface area contributed by atoms with Crippen molar-refractivity contribution in [2.75, 3.05) is 0 Å². The maximum atomic E-state index is 12.2. The molecule has 0 bridgehead atoms. The van der Waals surface area contributed by atoms with Gasteiger partial charge in [0, 0.05) is 36.4 Å². The fraction of sp³-hybridized carbons (Fsp3) is 0.118. The number of imidazole rings is 1. The summed E-state index contributed by atoms with van der Waals surface area (Å²) >= 11 is 3.44. The van der Waals surface area contributed by atoms with Crippen LogP contribution in [-0.2, 0) is 6.54 Å². The third-order valence-electron chi connectivity index (χ3n) is 3.41. The molecule has 6 heteroatoms. The highest BCUT2D eigenvalue weighted by atomic mass is 79.9. The number of halogens is 1. The van der Waals surface area contributed by atoms with Gasteiger partial charge in [-0.05, 0) is 59.3 Å². The smallest absolute Gasteiger partial charge is 0.185 e. The molecule has 0 saturated heterocycles. The topological polar surface area (TPSA) is 52.7 Å². The van der Waals surface area contributed by atoms with E-state index in [2.05, 4.69) is 26.0 Å². The monoisotopic (exact) mass is 370 g/mol. The Morgan fingerprint density at radius 1 is 1.30 bits per heavy atom. The lowest BCUT2D eigenvalue weighted by Crippen LogP contribution is -1.96. The van der Waals surface area contributed by atoms with Gasteiger partial charge in [-0.3, -0.25) is 9.48 Å². The molecule has 0 aliphatic rings. The molecule has 0 amide bonds. The van der Waals surface area contributed by atoms with E-state index in [0.29, 0.717) is 5.56 Å². The molecule has 0 spiro atoms. The zero-order valence-electron chi connectivity index (χ0n) is 12.6. The molecule has 0 N–H and O–H groups in total. The Bertz CT molecular complexity index is 832. The van der Waals surface area contributed by atoms with Crippen molar-refractivity contribution in [3.8, 4) is 5.69 Å². The normalized spacial score (nSPS) is 11.2. The fourth-order valence-electron chi connectivity index (χ4n) is 2.15. The summed E-state index contributed by atoms with van der Waals surface area (Å²) in [6.07, 6.45) is 10.5. The van der Waals surface area contributed by atoms with Crippen LogP contribution in [-0.4, -0.2) is 25.1 Å². The van der Waals surface area contributed by atoms with Crippen molar-refractivity contribution >= 4 is 27.8 Å². The standard InChI is InChI=1S/C17H15BrN4O/c1-2-22-11-15(18)16(20-22)7-8-17(23)13-3-5-14(6-4-13)21-10-9-19-12-21/h3-12H,2H2,1H3. The number of aromatic nitrogens is 4. The number of rotatable bonds is 5. The third-order valence-corrected chi connectivity index (χ3v) is 4.03. The van der Waals surface area contributed by atoms with Crippen LogP contribution in [0.15, 0.2) is 59.7 Å². The van der Waals surface area contributed by atoms with Gasteiger partial charge in [-0.2, -0.15) is 5.10 Å². The number of hydrogen-bond acceptors (Lipinski definition) is 3. The SMILES string of the molecule is CCn1cc(Br)c(C=CC(=O)c2ccc(-n3ccnc3)cc2)n1. The second-order valence-corrected chi connectivity index (χ2v) is 5.79. The molecular formula is C17H15BrN4O. The Hall–Kier alpha value is -2.47. The van der Waals surface area contributed by atoms with E-state index >= 15 is 0 Å². The number of nitrogens with zero attached hydrogens (tertiary/aromatic N) is 4. The first-order valence-electron chi connectivity index (χ1n) is 7.21. The number of carbonyl (C=O) groups is 1. The van der Waals surface area contributed by atoms with Gasteiger partial charge in [-0.25, -0.2) is 4.98 Å². The Morgan fingerprint density at radius 2 is 2.09 bits per heavy atom. The van der Waals surface area contributed by atoms with Gasteiger partial charge in [0.05, 0.1) is 16.5 Å². The molecule has 23 heavy (non-hydrogen) atoms. The van der Waals surface area contributed by atoms with E-state index in [1.165, 1.54) is 0 Å². The fourth-order valence-corrected chi connectivity index (χ4v) is 2.60. The zero-order chi connectivity index (χ0) is 16.2. The van der Waals surface area contributed by atoms with Crippen molar-refractivity contribution < 1.29 is 4.79 Å². The average Bonchev–Trinajstić information content (AvgIpc) is 3.22. The van der Waals surface area contributed by atoms with Crippen molar-refractivity contribution in [3.63, 3.8) is 0 Å². The number of allylic oxidation sites excluding steroid dienone is 1. The van der Waals surface area contributed by atoms with Crippen molar-refractivity contribution in [1.29, 1.82) is 0 Å². The average molecular weight is 371 g/mol. The van der Waals surface area contributed by atoms with Gasteiger partial charge < -0.3 is 4.57 Å². The van der Waals surface area contributed by atoms with E-state index in [0.717, 1.165) is 22.4 Å². The highest BCUT2D eigenvalue weighted by Gasteiger charge is 2.05. The van der Waals surface area contributed by atoms with E-state index in [1.807, 2.05) is 52.8 Å². The van der Waals surface area contributed by atoms with Crippen LogP contribution >= 0.6 is 15.9 Å². The number of benzene rings is 1. The molecular weight excluding hydrogens is 356 g/mol. The van der Waals surface area contributed by atoms with Gasteiger partial charge in [0.15, 0.2) is 5.78 Å². The highest BCUT2D eigenvalue weighted by Crippen LogP contribution is 2.17. The van der Waals surface area contributed by atoms with E-state index < -0.39 is 0 Å². The Morgan fingerprint density at radius 3 is 2.70 bits per heavy atom. The summed E-state index contributed by atoms with van der Waals surface area (Å²) < 4.78 is 4.58. The molecule has 0 saturated carbocycles. The zero-order valence-corrected chi connectivity index (χ0v) is 14.1. The van der Waals surface area contributed by atoms with Crippen molar-refractivity contribution in [2.45, 2.75) is 13.5 Å². The van der Waals surface area contributed by atoms with E-state index in [1.54, 1.807) is 24.7 Å². The van der Waals surface area contributed by atoms with Gasteiger partial charge in [-0.15, -0.1) is 0 Å². The molecule has 3 aromatic rings. The second kappa shape index (κ2) is 6.75. The molecule has 116 valence electrons. The molecule has 0 aliphatic heterocycles. The summed E-state index contributed by atoms with van der Waals surface area (Å²) in [7, 11) is 0. The molecule has 0 unspecified atom stereocenters. The largest absolute Gasteiger partial charge is 0.306 e. The summed E-state index contributed by atoms with van der Waals surface area (Å²) in [6.45, 7) is 2.80. The Labute approximate surface area is 142 Å². The van der Waals surface area contributed by atoms with Gasteiger partial charge in [0.25, 0.3) is 0 Å². The summed E-state index contributed by atoms with van der Waals surface area (Å²) in [6, 6.07) is 7.40. The lowest BCUT2D eigenvalue weighted by Gasteiger charge is -2.02. The number of carbonyl (C=O) groups excluding carboxylic acids is 1. The third kappa shape index (κ3) is 3.48. The maximum Gasteiger partial charge on any atom is 0.185 e. The number of hydrogen-bond donors (Lipinski definition) is 0. The van der Waals surface area contributed by atoms with Crippen LogP contribution in [0.5, 0.6) is 0 Å². The second-order valence-electron chi connectivity index (χ2n) is 4.93. The minimum atomic E-state index is -0.0554. The van der Waals surface area contributed by atoms with Crippen LogP contribution < -0.4 is 0 Å². The van der Waals surface area contributed by atoms with Crippen LogP contribution in [0.3, 0.4) is 0 Å². The summed E-state index contributed by atoms with van der Waals surface area (Å²) in [5.74, 6) is -0.0554. The van der Waals surface area contributed by atoms with Crippen LogP contribution in [0.1, 0.15) is 23.0 Å². The summed E-state index contributed by atoms with van der Waals surface area (Å²) in [4.78, 5) is 16.3. The Kier molecular flexibility index (Phi) is 4.52. The van der Waals surface area contributed by atoms with Crippen molar-refractivity contribution in [2.24, 2.45) is 0 Å². The van der Waals surface area contributed by atoms with E-state index in [-0.39, 0.29) is 5.78 Å². The lowest BCUT2D eigenvalue weighted by molar-refractivity contribution is 0.104. The number of aryl methyl sites for hydroxylation is 1. The maximum absolute atomic E-state index is 12.2. The molecule has 2 heterocycles. The van der Waals surface area contributed by atoms with Gasteiger partial charge in [0.1, 0.15) is 0 Å². The van der Waals surface area contributed by atoms with Crippen LogP contribution in [0.2, 0.25) is 0 Å². The summed E-state index contributed by atoms with van der Waals surface area (Å²) in [5.41, 5.74) is 2.35. The highest BCUT2D eigenvalue weighted by molar-refractivity contribution is 9.10. The molecule has 0 aliphatic carbocycles. The van der Waals surface area contributed by atoms with E-state index in [4.69, 9.17) is 0 Å². The minimum absolute atomic E-state index is 0.0554. The Balaban J connectivity index is 1.75. The van der Waals surface area contributed by atoms with Crippen LogP contribution in [0.4, 0.5) is 0 Å². The van der Waals surface area contributed by atoms with Crippen LogP contribution in [0, 0.1) is 0 Å². The number of ketones is 1. The quantitative estimate of drug-likeness (QED) is 0.507. The van der Waals surface area contributed by atoms with Crippen LogP contribution in [0.25, 0.3) is 11.8 Å². The van der Waals surface area contributed by atoms with Crippen molar-refractivity contribution in [1.82, 2.24) is 19.3 Å². The minimum Gasteiger partial charge on any atom is -0.306 e. The first-order chi connectivity index (χ1) is 11.2. The summed E-state index contributed by atoms with van der Waals surface area (Å²) in [5, 5.41) is 4.36. The van der Waals surface area contributed by atoms with Crippen molar-refractivity contribution in [3.05, 3.63) is 71.0 Å². The van der Waals surface area contributed by atoms with Gasteiger partial charge in [-0.1, -0.05) is 0 Å². The molecule has 0 atom stereocenters. The molecule has 5 nitrogen and oxygen atoms in total. The predicted molar refractivity (Wildman–Crippen MR) is 92.5 cm³/mol. The molecule has 0 radical (unpaired) electrons. The van der Waals surface area contributed by atoms with Gasteiger partial charge in [0.2, 0.25) is 0 Å². The van der Waals surface area contributed by atoms with E-state index in [9.17, 15) is 4.79 Å². The molecule has 1 aromatic carbocycles. The first-order valence-corrected chi connectivity index (χ1v) is 8.00.